The number of carbonyl (C=O) groups is 1. The van der Waals surface area contributed by atoms with Crippen molar-refractivity contribution < 1.29 is 9.18 Å². The normalized spacial score (nSPS) is 13.9. The van der Waals surface area contributed by atoms with Gasteiger partial charge in [0.15, 0.2) is 0 Å². The molecule has 0 radical (unpaired) electrons. The van der Waals surface area contributed by atoms with Crippen LogP contribution < -0.4 is 15.5 Å². The van der Waals surface area contributed by atoms with Crippen molar-refractivity contribution in [2.75, 3.05) is 23.3 Å². The van der Waals surface area contributed by atoms with Gasteiger partial charge >= 0.3 is 6.03 Å². The molecule has 2 amide bonds. The molecule has 2 heterocycles. The van der Waals surface area contributed by atoms with Gasteiger partial charge in [-0.05, 0) is 43.2 Å². The first-order valence-electron chi connectivity index (χ1n) is 7.71. The lowest BCUT2D eigenvalue weighted by atomic mass is 10.2. The van der Waals surface area contributed by atoms with E-state index in [0.29, 0.717) is 17.9 Å². The minimum Gasteiger partial charge on any atom is -0.369 e. The van der Waals surface area contributed by atoms with E-state index in [4.69, 9.17) is 0 Å². The quantitative estimate of drug-likeness (QED) is 0.911. The first kappa shape index (κ1) is 15.3. The lowest BCUT2D eigenvalue weighted by molar-refractivity contribution is 0.251. The van der Waals surface area contributed by atoms with E-state index in [9.17, 15) is 9.18 Å². The third kappa shape index (κ3) is 3.97. The van der Waals surface area contributed by atoms with E-state index >= 15 is 0 Å². The van der Waals surface area contributed by atoms with E-state index in [-0.39, 0.29) is 11.8 Å². The van der Waals surface area contributed by atoms with Gasteiger partial charge in [0.2, 0.25) is 0 Å². The Hall–Kier alpha value is -2.63. The molecule has 23 heavy (non-hydrogen) atoms. The Kier molecular flexibility index (Phi) is 4.71. The Labute approximate surface area is 134 Å². The number of anilines is 2. The summed E-state index contributed by atoms with van der Waals surface area (Å²) < 4.78 is 14.2. The minimum absolute atomic E-state index is 0.311. The molecule has 2 aromatic rings. The highest BCUT2D eigenvalue weighted by atomic mass is 19.1. The summed E-state index contributed by atoms with van der Waals surface area (Å²) in [6.45, 7) is 2.09. The maximum atomic E-state index is 14.2. The molecule has 1 saturated heterocycles. The van der Waals surface area contributed by atoms with Gasteiger partial charge in [-0.25, -0.2) is 9.18 Å². The Morgan fingerprint density at radius 1 is 1.22 bits per heavy atom. The summed E-state index contributed by atoms with van der Waals surface area (Å²) in [7, 11) is 0. The summed E-state index contributed by atoms with van der Waals surface area (Å²) in [6, 6.07) is 9.90. The second-order valence-corrected chi connectivity index (χ2v) is 5.49. The van der Waals surface area contributed by atoms with E-state index in [1.165, 1.54) is 6.07 Å². The number of hydrogen-bond acceptors (Lipinski definition) is 3. The zero-order valence-corrected chi connectivity index (χ0v) is 12.8. The van der Waals surface area contributed by atoms with Crippen molar-refractivity contribution in [3.63, 3.8) is 0 Å². The van der Waals surface area contributed by atoms with Crippen molar-refractivity contribution in [2.45, 2.75) is 19.4 Å². The molecule has 2 N–H and O–H groups in total. The molecular weight excluding hydrogens is 295 g/mol. The smallest absolute Gasteiger partial charge is 0.319 e. The number of rotatable bonds is 4. The summed E-state index contributed by atoms with van der Waals surface area (Å²) in [4.78, 5) is 18.0. The van der Waals surface area contributed by atoms with Crippen LogP contribution in [0.1, 0.15) is 18.5 Å². The third-order valence-electron chi connectivity index (χ3n) is 3.81. The average molecular weight is 314 g/mol. The van der Waals surface area contributed by atoms with Crippen LogP contribution in [0.25, 0.3) is 0 Å². The molecule has 0 unspecified atom stereocenters. The number of aromatic nitrogens is 1. The molecule has 1 aliphatic rings. The number of nitrogens with zero attached hydrogens (tertiary/aromatic N) is 2. The second kappa shape index (κ2) is 7.09. The molecule has 0 spiro atoms. The van der Waals surface area contributed by atoms with Crippen molar-refractivity contribution >= 4 is 17.4 Å². The van der Waals surface area contributed by atoms with Crippen LogP contribution in [0.4, 0.5) is 20.6 Å². The van der Waals surface area contributed by atoms with Crippen LogP contribution in [0.5, 0.6) is 0 Å². The monoisotopic (exact) mass is 314 g/mol. The van der Waals surface area contributed by atoms with Gasteiger partial charge in [0, 0.05) is 25.0 Å². The number of hydrogen-bond donors (Lipinski definition) is 2. The largest absolute Gasteiger partial charge is 0.369 e. The van der Waals surface area contributed by atoms with Crippen LogP contribution in [0.2, 0.25) is 0 Å². The maximum absolute atomic E-state index is 14.2. The predicted molar refractivity (Wildman–Crippen MR) is 87.9 cm³/mol. The van der Waals surface area contributed by atoms with E-state index in [1.54, 1.807) is 18.3 Å². The number of carbonyl (C=O) groups excluding carboxylic acids is 1. The fraction of sp³-hybridized carbons (Fsp3) is 0.294. The van der Waals surface area contributed by atoms with E-state index in [2.05, 4.69) is 15.6 Å². The number of benzene rings is 1. The first-order chi connectivity index (χ1) is 11.2. The van der Waals surface area contributed by atoms with Gasteiger partial charge in [-0.1, -0.05) is 6.07 Å². The zero-order chi connectivity index (χ0) is 16.1. The lowest BCUT2D eigenvalue weighted by Gasteiger charge is -2.18. The fourth-order valence-corrected chi connectivity index (χ4v) is 2.65. The van der Waals surface area contributed by atoms with E-state index in [0.717, 1.165) is 31.6 Å². The van der Waals surface area contributed by atoms with Gasteiger partial charge in [0.1, 0.15) is 5.82 Å². The number of urea groups is 1. The minimum atomic E-state index is -0.385. The van der Waals surface area contributed by atoms with Crippen LogP contribution in [-0.2, 0) is 6.54 Å². The zero-order valence-electron chi connectivity index (χ0n) is 12.8. The highest BCUT2D eigenvalue weighted by Gasteiger charge is 2.16. The number of halogens is 1. The van der Waals surface area contributed by atoms with Crippen molar-refractivity contribution in [3.8, 4) is 0 Å². The molecule has 5 nitrogen and oxygen atoms in total. The molecule has 0 atom stereocenters. The highest BCUT2D eigenvalue weighted by molar-refractivity contribution is 5.89. The van der Waals surface area contributed by atoms with E-state index < -0.39 is 0 Å². The Morgan fingerprint density at radius 3 is 2.74 bits per heavy atom. The first-order valence-corrected chi connectivity index (χ1v) is 7.71. The van der Waals surface area contributed by atoms with Crippen molar-refractivity contribution in [1.82, 2.24) is 10.3 Å². The number of amides is 2. The van der Waals surface area contributed by atoms with Crippen LogP contribution in [-0.4, -0.2) is 24.1 Å². The van der Waals surface area contributed by atoms with Gasteiger partial charge in [-0.3, -0.25) is 4.98 Å². The molecule has 0 saturated carbocycles. The summed E-state index contributed by atoms with van der Waals surface area (Å²) in [6.07, 6.45) is 3.85. The molecular formula is C17H19FN4O. The van der Waals surface area contributed by atoms with Crippen LogP contribution >= 0.6 is 0 Å². The fourth-order valence-electron chi connectivity index (χ4n) is 2.65. The summed E-state index contributed by atoms with van der Waals surface area (Å²) in [5.41, 5.74) is 1.80. The molecule has 1 aliphatic heterocycles. The second-order valence-electron chi connectivity index (χ2n) is 5.49. The maximum Gasteiger partial charge on any atom is 0.319 e. The number of pyridine rings is 1. The molecule has 0 aliphatic carbocycles. The SMILES string of the molecule is O=C(NCc1ccccn1)Nc1ccc(N2CCCC2)c(F)c1. The molecule has 6 heteroatoms. The van der Waals surface area contributed by atoms with Crippen molar-refractivity contribution in [2.24, 2.45) is 0 Å². The van der Waals surface area contributed by atoms with Crippen LogP contribution in [0.3, 0.4) is 0 Å². The van der Waals surface area contributed by atoms with Crippen molar-refractivity contribution in [3.05, 3.63) is 54.1 Å². The van der Waals surface area contributed by atoms with E-state index in [1.807, 2.05) is 23.1 Å². The summed E-state index contributed by atoms with van der Waals surface area (Å²) >= 11 is 0. The molecule has 1 aromatic carbocycles. The topological polar surface area (TPSA) is 57.3 Å². The standard InChI is InChI=1S/C17H19FN4O/c18-15-11-13(6-7-16(15)22-9-3-4-10-22)21-17(23)20-12-14-5-1-2-8-19-14/h1-2,5-8,11H,3-4,9-10,12H2,(H2,20,21,23). The van der Waals surface area contributed by atoms with Gasteiger partial charge in [0.05, 0.1) is 17.9 Å². The van der Waals surface area contributed by atoms with Gasteiger partial charge < -0.3 is 15.5 Å². The predicted octanol–water partition coefficient (Wildman–Crippen LogP) is 3.14. The average Bonchev–Trinajstić information content (AvgIpc) is 3.08. The molecule has 120 valence electrons. The number of nitrogens with one attached hydrogen (secondary N) is 2. The van der Waals surface area contributed by atoms with Crippen molar-refractivity contribution in [1.29, 1.82) is 0 Å². The Morgan fingerprint density at radius 2 is 2.04 bits per heavy atom. The third-order valence-corrected chi connectivity index (χ3v) is 3.81. The summed E-state index contributed by atoms with van der Waals surface area (Å²) in [5.74, 6) is -0.311. The molecule has 0 bridgehead atoms. The molecule has 1 aromatic heterocycles. The lowest BCUT2D eigenvalue weighted by Crippen LogP contribution is -2.28. The van der Waals surface area contributed by atoms with Gasteiger partial charge in [-0.15, -0.1) is 0 Å². The Bertz CT molecular complexity index is 672. The summed E-state index contributed by atoms with van der Waals surface area (Å²) in [5, 5.41) is 5.33. The highest BCUT2D eigenvalue weighted by Crippen LogP contribution is 2.25. The van der Waals surface area contributed by atoms with Gasteiger partial charge in [-0.2, -0.15) is 0 Å². The molecule has 3 rings (SSSR count). The van der Waals surface area contributed by atoms with Gasteiger partial charge in [0.25, 0.3) is 0 Å². The Balaban J connectivity index is 1.57. The molecule has 1 fully saturated rings. The van der Waals surface area contributed by atoms with Crippen LogP contribution in [0, 0.1) is 5.82 Å². The van der Waals surface area contributed by atoms with Crippen LogP contribution in [0.15, 0.2) is 42.6 Å².